The number of aryl methyl sites for hydroxylation is 2. The van der Waals surface area contributed by atoms with Gasteiger partial charge < -0.3 is 15.2 Å². The number of hydrogen-bond acceptors (Lipinski definition) is 2. The first-order valence-corrected chi connectivity index (χ1v) is 12.9. The van der Waals surface area contributed by atoms with E-state index in [1.54, 1.807) is 0 Å². The van der Waals surface area contributed by atoms with Crippen LogP contribution >= 0.6 is 0 Å². The third-order valence-corrected chi connectivity index (χ3v) is 8.30. The van der Waals surface area contributed by atoms with Gasteiger partial charge in [0.25, 0.3) is 0 Å². The highest BCUT2D eigenvalue weighted by molar-refractivity contribution is 5.95. The minimum Gasteiger partial charge on any atom is -0.354 e. The molecule has 1 amide bonds. The third kappa shape index (κ3) is 3.76. The highest BCUT2D eigenvalue weighted by Crippen LogP contribution is 2.42. The second-order valence-electron chi connectivity index (χ2n) is 11.3. The van der Waals surface area contributed by atoms with Crippen LogP contribution in [-0.4, -0.2) is 41.5 Å². The molecule has 180 valence electrons. The summed E-state index contributed by atoms with van der Waals surface area (Å²) in [5, 5.41) is 4.60. The Morgan fingerprint density at radius 1 is 1.06 bits per heavy atom. The van der Waals surface area contributed by atoms with Crippen molar-refractivity contribution in [1.82, 2.24) is 15.2 Å². The molecule has 2 aromatic carbocycles. The number of carbonyl (C=O) groups excluding carboxylic acids is 1. The molecule has 4 nitrogen and oxygen atoms in total. The predicted octanol–water partition coefficient (Wildman–Crippen LogP) is 6.21. The number of nitrogens with one attached hydrogen (secondary N) is 2. The van der Waals surface area contributed by atoms with Gasteiger partial charge in [-0.15, -0.1) is 0 Å². The second kappa shape index (κ2) is 8.57. The van der Waals surface area contributed by atoms with E-state index in [-0.39, 0.29) is 0 Å². The maximum Gasteiger partial charge on any atom is 0.233 e. The van der Waals surface area contributed by atoms with E-state index in [1.165, 1.54) is 59.0 Å². The van der Waals surface area contributed by atoms with Crippen LogP contribution in [-0.2, 0) is 10.2 Å². The number of hydrogen-bond donors (Lipinski definition) is 2. The largest absolute Gasteiger partial charge is 0.354 e. The van der Waals surface area contributed by atoms with E-state index in [0.717, 1.165) is 17.6 Å². The van der Waals surface area contributed by atoms with Crippen molar-refractivity contribution in [2.75, 3.05) is 13.6 Å². The molecule has 3 aromatic rings. The topological polar surface area (TPSA) is 48.1 Å². The van der Waals surface area contributed by atoms with Crippen molar-refractivity contribution in [1.29, 1.82) is 0 Å². The van der Waals surface area contributed by atoms with Gasteiger partial charge in [-0.05, 0) is 107 Å². The van der Waals surface area contributed by atoms with Gasteiger partial charge in [0.15, 0.2) is 0 Å². The van der Waals surface area contributed by atoms with Crippen LogP contribution in [0.3, 0.4) is 0 Å². The smallest absolute Gasteiger partial charge is 0.233 e. The standard InChI is InChI=1S/C30H39N3O/c1-18-13-19(2)15-21(14-18)28-27(20(3)17-31-6)25-16-22(7-12-26(25)32-28)30(4,5)29(34)33-23-8-9-24(33)11-10-23/h7,12-16,20,23-24,31-32H,8-11,17H2,1-6H3. The first-order valence-electron chi connectivity index (χ1n) is 12.9. The van der Waals surface area contributed by atoms with Gasteiger partial charge in [-0.2, -0.15) is 0 Å². The lowest BCUT2D eigenvalue weighted by Gasteiger charge is -2.33. The van der Waals surface area contributed by atoms with Crippen molar-refractivity contribution in [3.63, 3.8) is 0 Å². The molecule has 1 atom stereocenters. The Hall–Kier alpha value is -2.59. The minimum atomic E-state index is -0.541. The van der Waals surface area contributed by atoms with Crippen LogP contribution in [0.2, 0.25) is 0 Å². The molecule has 3 heterocycles. The number of aromatic nitrogens is 1. The van der Waals surface area contributed by atoms with E-state index >= 15 is 0 Å². The molecule has 2 N–H and O–H groups in total. The lowest BCUT2D eigenvalue weighted by molar-refractivity contribution is -0.137. The maximum absolute atomic E-state index is 13.8. The molecule has 0 saturated carbocycles. The Kier molecular flexibility index (Phi) is 5.84. The first kappa shape index (κ1) is 23.2. The van der Waals surface area contributed by atoms with E-state index in [2.05, 4.69) is 86.2 Å². The number of nitrogens with zero attached hydrogens (tertiary/aromatic N) is 1. The fourth-order valence-electron chi connectivity index (χ4n) is 6.56. The van der Waals surface area contributed by atoms with Gasteiger partial charge in [-0.3, -0.25) is 4.79 Å². The molecule has 2 fully saturated rings. The van der Waals surface area contributed by atoms with Crippen LogP contribution in [0.4, 0.5) is 0 Å². The van der Waals surface area contributed by atoms with E-state index in [1.807, 2.05) is 7.05 Å². The number of rotatable bonds is 6. The molecule has 5 rings (SSSR count). The molecule has 1 aromatic heterocycles. The Morgan fingerprint density at radius 3 is 2.26 bits per heavy atom. The van der Waals surface area contributed by atoms with Gasteiger partial charge in [0.2, 0.25) is 5.91 Å². The molecule has 2 saturated heterocycles. The number of amides is 1. The SMILES string of the molecule is CNCC(C)c1c(-c2cc(C)cc(C)c2)[nH]c2ccc(C(C)(C)C(=O)N3C4CCC3CC4)cc12. The summed E-state index contributed by atoms with van der Waals surface area (Å²) in [6.45, 7) is 11.7. The summed E-state index contributed by atoms with van der Waals surface area (Å²) in [5.41, 5.74) is 8.02. The van der Waals surface area contributed by atoms with Crippen molar-refractivity contribution in [2.45, 2.75) is 83.7 Å². The van der Waals surface area contributed by atoms with Crippen LogP contribution < -0.4 is 5.32 Å². The average Bonchev–Trinajstić information content (AvgIpc) is 3.49. The van der Waals surface area contributed by atoms with E-state index in [4.69, 9.17) is 0 Å². The zero-order valence-corrected chi connectivity index (χ0v) is 21.6. The third-order valence-electron chi connectivity index (χ3n) is 8.30. The van der Waals surface area contributed by atoms with Crippen LogP contribution in [0.1, 0.15) is 74.6 Å². The van der Waals surface area contributed by atoms with Crippen molar-refractivity contribution < 1.29 is 4.79 Å². The van der Waals surface area contributed by atoms with Gasteiger partial charge in [-0.1, -0.05) is 30.2 Å². The van der Waals surface area contributed by atoms with Crippen molar-refractivity contribution in [3.8, 4) is 11.3 Å². The quantitative estimate of drug-likeness (QED) is 0.463. The minimum absolute atomic E-state index is 0.298. The lowest BCUT2D eigenvalue weighted by atomic mass is 9.81. The molecule has 0 spiro atoms. The van der Waals surface area contributed by atoms with Gasteiger partial charge in [-0.25, -0.2) is 0 Å². The summed E-state index contributed by atoms with van der Waals surface area (Å²) in [5.74, 6) is 0.629. The molecule has 1 unspecified atom stereocenters. The Bertz CT molecular complexity index is 1200. The average molecular weight is 458 g/mol. The van der Waals surface area contributed by atoms with Crippen molar-refractivity contribution in [3.05, 3.63) is 58.7 Å². The van der Waals surface area contributed by atoms with Crippen LogP contribution in [0, 0.1) is 13.8 Å². The molecule has 0 aliphatic carbocycles. The van der Waals surface area contributed by atoms with Crippen molar-refractivity contribution in [2.24, 2.45) is 0 Å². The number of H-pyrrole nitrogens is 1. The summed E-state index contributed by atoms with van der Waals surface area (Å²) in [6, 6.07) is 14.3. The second-order valence-corrected chi connectivity index (χ2v) is 11.3. The van der Waals surface area contributed by atoms with Crippen molar-refractivity contribution >= 4 is 16.8 Å². The van der Waals surface area contributed by atoms with Crippen LogP contribution in [0.5, 0.6) is 0 Å². The molecule has 2 aliphatic heterocycles. The van der Waals surface area contributed by atoms with Gasteiger partial charge in [0, 0.05) is 29.5 Å². The maximum atomic E-state index is 13.8. The molecule has 2 bridgehead atoms. The Labute approximate surface area is 204 Å². The number of likely N-dealkylation sites (N-methyl/N-ethyl adjacent to an activating group) is 1. The zero-order valence-electron chi connectivity index (χ0n) is 21.6. The van der Waals surface area contributed by atoms with Crippen LogP contribution in [0.15, 0.2) is 36.4 Å². The van der Waals surface area contributed by atoms with E-state index in [0.29, 0.717) is 23.9 Å². The normalized spacial score (nSPS) is 20.9. The molecular weight excluding hydrogens is 418 g/mol. The number of carbonyl (C=O) groups is 1. The summed E-state index contributed by atoms with van der Waals surface area (Å²) in [7, 11) is 2.01. The monoisotopic (exact) mass is 457 g/mol. The van der Waals surface area contributed by atoms with E-state index in [9.17, 15) is 4.79 Å². The highest BCUT2D eigenvalue weighted by atomic mass is 16.2. The Morgan fingerprint density at radius 2 is 1.68 bits per heavy atom. The highest BCUT2D eigenvalue weighted by Gasteiger charge is 2.46. The van der Waals surface area contributed by atoms with Gasteiger partial charge in [0.1, 0.15) is 0 Å². The van der Waals surface area contributed by atoms with E-state index < -0.39 is 5.41 Å². The molecule has 4 heteroatoms. The summed E-state index contributed by atoms with van der Waals surface area (Å²) in [4.78, 5) is 19.8. The number of aromatic amines is 1. The fraction of sp³-hybridized carbons (Fsp3) is 0.500. The lowest BCUT2D eigenvalue weighted by Crippen LogP contribution is -2.45. The van der Waals surface area contributed by atoms with Crippen LogP contribution in [0.25, 0.3) is 22.2 Å². The molecule has 2 aliphatic rings. The number of fused-ring (bicyclic) bond motifs is 3. The summed E-state index contributed by atoms with van der Waals surface area (Å²) < 4.78 is 0. The Balaban J connectivity index is 1.62. The van der Waals surface area contributed by atoms with Gasteiger partial charge in [0.05, 0.1) is 11.1 Å². The van der Waals surface area contributed by atoms with Gasteiger partial charge >= 0.3 is 0 Å². The molecule has 0 radical (unpaired) electrons. The number of benzene rings is 2. The predicted molar refractivity (Wildman–Crippen MR) is 141 cm³/mol. The zero-order chi connectivity index (χ0) is 24.2. The fourth-order valence-corrected chi connectivity index (χ4v) is 6.56. The molecular formula is C30H39N3O. The summed E-state index contributed by atoms with van der Waals surface area (Å²) in [6.07, 6.45) is 4.70. The first-order chi connectivity index (χ1) is 16.2. The summed E-state index contributed by atoms with van der Waals surface area (Å²) >= 11 is 0. The molecule has 34 heavy (non-hydrogen) atoms.